The number of alkyl halides is 5. The third-order valence-electron chi connectivity index (χ3n) is 3.87. The zero-order valence-electron chi connectivity index (χ0n) is 16.2. The second-order valence-corrected chi connectivity index (χ2v) is 7.62. The third-order valence-corrected chi connectivity index (χ3v) is 5.27. The molecule has 0 unspecified atom stereocenters. The number of halogens is 6. The molecule has 0 aliphatic rings. The van der Waals surface area contributed by atoms with Gasteiger partial charge in [-0.1, -0.05) is 12.1 Å². The first kappa shape index (κ1) is 23.6. The maximum atomic E-state index is 14.5. The minimum absolute atomic E-state index is 0.0526. The van der Waals surface area contributed by atoms with Gasteiger partial charge in [0, 0.05) is 24.4 Å². The number of thioether (sulfide) groups is 1. The molecule has 0 aliphatic heterocycles. The normalized spacial score (nSPS) is 12.6. The van der Waals surface area contributed by atoms with E-state index in [0.717, 1.165) is 47.9 Å². The summed E-state index contributed by atoms with van der Waals surface area (Å²) >= 11 is 0.806. The van der Waals surface area contributed by atoms with Crippen molar-refractivity contribution in [2.24, 2.45) is 4.99 Å². The van der Waals surface area contributed by atoms with E-state index >= 15 is 0 Å². The predicted molar refractivity (Wildman–Crippen MR) is 103 cm³/mol. The molecular weight excluding hydrogens is 428 g/mol. The first-order chi connectivity index (χ1) is 13.8. The summed E-state index contributed by atoms with van der Waals surface area (Å²) in [5.41, 5.74) is -0.875. The van der Waals surface area contributed by atoms with Crippen LogP contribution in [-0.2, 0) is 6.18 Å². The maximum absolute atomic E-state index is 14.5. The molecule has 0 fully saturated rings. The smallest absolute Gasteiger partial charge is 0.266 e. The Balaban J connectivity index is 2.56. The highest BCUT2D eigenvalue weighted by atomic mass is 32.2. The zero-order valence-corrected chi connectivity index (χ0v) is 17.0. The van der Waals surface area contributed by atoms with Gasteiger partial charge < -0.3 is 0 Å². The zero-order chi connectivity index (χ0) is 22.7. The molecule has 160 valence electrons. The number of amidine groups is 1. The fraction of sp³-hybridized carbons (Fsp3) is 0.300. The van der Waals surface area contributed by atoms with Crippen LogP contribution in [0.4, 0.5) is 32.0 Å². The van der Waals surface area contributed by atoms with Crippen molar-refractivity contribution in [3.8, 4) is 6.19 Å². The summed E-state index contributed by atoms with van der Waals surface area (Å²) in [5, 5.41) is 9.21. The lowest BCUT2D eigenvalue weighted by molar-refractivity contribution is -0.137. The molecule has 0 radical (unpaired) electrons. The molecule has 0 spiro atoms. The molecule has 0 saturated carbocycles. The van der Waals surface area contributed by atoms with E-state index in [2.05, 4.69) is 4.99 Å². The molecule has 0 aliphatic carbocycles. The van der Waals surface area contributed by atoms with Gasteiger partial charge in [0.05, 0.1) is 11.3 Å². The molecule has 0 atom stereocenters. The molecule has 2 aromatic carbocycles. The van der Waals surface area contributed by atoms with E-state index in [9.17, 15) is 31.6 Å². The monoisotopic (exact) mass is 445 g/mol. The van der Waals surface area contributed by atoms with Gasteiger partial charge in [-0.25, -0.2) is 18.2 Å². The highest BCUT2D eigenvalue weighted by Crippen LogP contribution is 2.34. The van der Waals surface area contributed by atoms with Gasteiger partial charge in [-0.05, 0) is 36.8 Å². The third kappa shape index (κ3) is 6.16. The van der Waals surface area contributed by atoms with Crippen LogP contribution in [0.2, 0.25) is 0 Å². The van der Waals surface area contributed by atoms with Crippen LogP contribution in [0.25, 0.3) is 0 Å². The number of rotatable bonds is 5. The largest absolute Gasteiger partial charge is 0.416 e. The molecule has 10 heteroatoms. The first-order valence-corrected chi connectivity index (χ1v) is 9.51. The lowest BCUT2D eigenvalue weighted by Crippen LogP contribution is -2.23. The van der Waals surface area contributed by atoms with Crippen molar-refractivity contribution in [2.75, 3.05) is 12.8 Å². The topological polar surface area (TPSA) is 39.4 Å². The van der Waals surface area contributed by atoms with E-state index in [1.807, 2.05) is 0 Å². The van der Waals surface area contributed by atoms with Crippen LogP contribution in [0.5, 0.6) is 0 Å². The van der Waals surface area contributed by atoms with E-state index in [4.69, 9.17) is 0 Å². The van der Waals surface area contributed by atoms with Crippen molar-refractivity contribution in [3.05, 3.63) is 58.9 Å². The molecule has 0 aromatic heterocycles. The average Bonchev–Trinajstić information content (AvgIpc) is 2.64. The number of hydrogen-bond acceptors (Lipinski definition) is 3. The SMILES string of the molecule is Cc1cc(F)c(N=C(c2cccc(C(F)(F)F)c2)N(C)C#N)cc1SCC(C)(F)F. The summed E-state index contributed by atoms with van der Waals surface area (Å²) in [6.07, 6.45) is -2.89. The maximum Gasteiger partial charge on any atom is 0.416 e. The van der Waals surface area contributed by atoms with Crippen LogP contribution >= 0.6 is 11.8 Å². The predicted octanol–water partition coefficient (Wildman–Crippen LogP) is 6.39. The van der Waals surface area contributed by atoms with E-state index in [0.29, 0.717) is 10.5 Å². The number of aliphatic imine (C=N–C) groups is 1. The summed E-state index contributed by atoms with van der Waals surface area (Å²) < 4.78 is 80.0. The summed E-state index contributed by atoms with van der Waals surface area (Å²) in [6.45, 7) is 2.30. The Hall–Kier alpha value is -2.67. The average molecular weight is 445 g/mol. The second kappa shape index (κ2) is 9.00. The fourth-order valence-corrected chi connectivity index (χ4v) is 3.31. The summed E-state index contributed by atoms with van der Waals surface area (Å²) in [4.78, 5) is 5.28. The van der Waals surface area contributed by atoms with Crippen LogP contribution in [-0.4, -0.2) is 29.5 Å². The summed E-state index contributed by atoms with van der Waals surface area (Å²) in [6, 6.07) is 6.45. The van der Waals surface area contributed by atoms with E-state index in [1.54, 1.807) is 13.1 Å². The Labute approximate surface area is 174 Å². The Morgan fingerprint density at radius 2 is 1.83 bits per heavy atom. The van der Waals surface area contributed by atoms with Gasteiger partial charge >= 0.3 is 6.18 Å². The van der Waals surface area contributed by atoms with E-state index in [1.165, 1.54) is 19.2 Å². The van der Waals surface area contributed by atoms with Crippen molar-refractivity contribution in [1.82, 2.24) is 4.90 Å². The molecule has 0 N–H and O–H groups in total. The van der Waals surface area contributed by atoms with Gasteiger partial charge in [0.25, 0.3) is 5.92 Å². The fourth-order valence-electron chi connectivity index (χ4n) is 2.42. The first-order valence-electron chi connectivity index (χ1n) is 8.52. The van der Waals surface area contributed by atoms with Gasteiger partial charge in [-0.3, -0.25) is 4.90 Å². The van der Waals surface area contributed by atoms with Gasteiger partial charge in [0.15, 0.2) is 6.19 Å². The van der Waals surface area contributed by atoms with Gasteiger partial charge in [-0.15, -0.1) is 11.8 Å². The molecule has 0 amide bonds. The van der Waals surface area contributed by atoms with Gasteiger partial charge in [0.1, 0.15) is 17.3 Å². The molecule has 2 rings (SSSR count). The van der Waals surface area contributed by atoms with Crippen molar-refractivity contribution >= 4 is 23.3 Å². The Morgan fingerprint density at radius 1 is 1.17 bits per heavy atom. The molecular formula is C20H17F6N3S. The number of aryl methyl sites for hydroxylation is 1. The quantitative estimate of drug-likeness (QED) is 0.134. The molecule has 30 heavy (non-hydrogen) atoms. The lowest BCUT2D eigenvalue weighted by Gasteiger charge is -2.16. The number of hydrogen-bond donors (Lipinski definition) is 0. The number of nitriles is 1. The summed E-state index contributed by atoms with van der Waals surface area (Å²) in [5.74, 6) is -4.50. The highest BCUT2D eigenvalue weighted by molar-refractivity contribution is 7.99. The van der Waals surface area contributed by atoms with Crippen molar-refractivity contribution in [2.45, 2.75) is 30.8 Å². The van der Waals surface area contributed by atoms with Crippen molar-refractivity contribution < 1.29 is 26.3 Å². The van der Waals surface area contributed by atoms with Crippen LogP contribution in [0.1, 0.15) is 23.6 Å². The van der Waals surface area contributed by atoms with Crippen LogP contribution < -0.4 is 0 Å². The molecule has 0 heterocycles. The highest BCUT2D eigenvalue weighted by Gasteiger charge is 2.31. The van der Waals surface area contributed by atoms with Crippen LogP contribution in [0, 0.1) is 24.2 Å². The van der Waals surface area contributed by atoms with E-state index < -0.39 is 29.2 Å². The minimum atomic E-state index is -4.61. The number of benzene rings is 2. The molecule has 0 bridgehead atoms. The van der Waals surface area contributed by atoms with Crippen molar-refractivity contribution in [3.63, 3.8) is 0 Å². The van der Waals surface area contributed by atoms with Gasteiger partial charge in [0.2, 0.25) is 0 Å². The van der Waals surface area contributed by atoms with Gasteiger partial charge in [-0.2, -0.15) is 18.4 Å². The molecule has 2 aromatic rings. The lowest BCUT2D eigenvalue weighted by atomic mass is 10.1. The Kier molecular flexibility index (Phi) is 7.08. The number of nitrogens with zero attached hydrogens (tertiary/aromatic N) is 3. The summed E-state index contributed by atoms with van der Waals surface area (Å²) in [7, 11) is 1.26. The van der Waals surface area contributed by atoms with Crippen LogP contribution in [0.3, 0.4) is 0 Å². The van der Waals surface area contributed by atoms with Crippen LogP contribution in [0.15, 0.2) is 46.3 Å². The van der Waals surface area contributed by atoms with E-state index in [-0.39, 0.29) is 17.1 Å². The van der Waals surface area contributed by atoms with Crippen molar-refractivity contribution in [1.29, 1.82) is 5.26 Å². The molecule has 3 nitrogen and oxygen atoms in total. The Bertz CT molecular complexity index is 990. The standard InChI is InChI=1S/C20H17F6N3S/c1-12-7-15(21)16(9-17(12)30-10-19(2,22)23)28-18(29(3)11-27)13-5-4-6-14(8-13)20(24,25)26/h4-9H,10H2,1-3H3. The Morgan fingerprint density at radius 3 is 2.40 bits per heavy atom. The minimum Gasteiger partial charge on any atom is -0.266 e. The second-order valence-electron chi connectivity index (χ2n) is 6.60. The molecule has 0 saturated heterocycles.